The van der Waals surface area contributed by atoms with Crippen LogP contribution in [-0.2, 0) is 0 Å². The molecule has 0 fully saturated rings. The number of anilines is 2. The number of aliphatic hydroxyl groups excluding tert-OH is 2. The molecule has 4 N–H and O–H groups in total. The minimum atomic E-state index is -0.651. The van der Waals surface area contributed by atoms with E-state index in [-0.39, 0.29) is 30.2 Å². The Bertz CT molecular complexity index is 447. The Labute approximate surface area is 121 Å². The SMILES string of the molecule is CC(O)CNc1cc(Cl)cc(NCC(C)O)c1[N+](=O)[O-]. The van der Waals surface area contributed by atoms with Gasteiger partial charge >= 0.3 is 5.69 Å². The van der Waals surface area contributed by atoms with Crippen molar-refractivity contribution in [2.24, 2.45) is 0 Å². The summed E-state index contributed by atoms with van der Waals surface area (Å²) in [5.74, 6) is 0. The number of hydrogen-bond acceptors (Lipinski definition) is 6. The van der Waals surface area contributed by atoms with Gasteiger partial charge in [-0.15, -0.1) is 0 Å². The maximum Gasteiger partial charge on any atom is 0.315 e. The number of rotatable bonds is 7. The van der Waals surface area contributed by atoms with Crippen LogP contribution in [0.25, 0.3) is 0 Å². The molecule has 8 heteroatoms. The highest BCUT2D eigenvalue weighted by Gasteiger charge is 2.21. The molecule has 20 heavy (non-hydrogen) atoms. The summed E-state index contributed by atoms with van der Waals surface area (Å²) < 4.78 is 0. The summed E-state index contributed by atoms with van der Waals surface area (Å²) in [6.45, 7) is 3.46. The van der Waals surface area contributed by atoms with Crippen molar-refractivity contribution in [2.45, 2.75) is 26.1 Å². The van der Waals surface area contributed by atoms with Gasteiger partial charge in [0.2, 0.25) is 0 Å². The van der Waals surface area contributed by atoms with Crippen LogP contribution in [0.1, 0.15) is 13.8 Å². The molecule has 0 amide bonds. The molecule has 0 saturated carbocycles. The van der Waals surface area contributed by atoms with Crippen LogP contribution in [0.5, 0.6) is 0 Å². The lowest BCUT2D eigenvalue weighted by molar-refractivity contribution is -0.383. The molecule has 7 nitrogen and oxygen atoms in total. The second-order valence-electron chi connectivity index (χ2n) is 4.57. The summed E-state index contributed by atoms with van der Waals surface area (Å²) in [6, 6.07) is 2.85. The molecule has 0 radical (unpaired) electrons. The van der Waals surface area contributed by atoms with Crippen LogP contribution in [0.3, 0.4) is 0 Å². The molecule has 0 aliphatic carbocycles. The molecule has 1 aromatic rings. The molecule has 0 aliphatic rings. The Balaban J connectivity index is 3.11. The Morgan fingerprint density at radius 2 is 1.60 bits per heavy atom. The molecule has 0 heterocycles. The van der Waals surface area contributed by atoms with E-state index in [0.717, 1.165) is 0 Å². The number of halogens is 1. The first-order chi connectivity index (χ1) is 9.31. The topological polar surface area (TPSA) is 108 Å². The monoisotopic (exact) mass is 303 g/mol. The highest BCUT2D eigenvalue weighted by Crippen LogP contribution is 2.36. The Morgan fingerprint density at radius 1 is 1.20 bits per heavy atom. The molecule has 2 unspecified atom stereocenters. The first kappa shape index (κ1) is 16.5. The number of nitro groups is 1. The van der Waals surface area contributed by atoms with Gasteiger partial charge in [0.05, 0.1) is 17.1 Å². The molecule has 0 spiro atoms. The average molecular weight is 304 g/mol. The van der Waals surface area contributed by atoms with Crippen LogP contribution in [-0.4, -0.2) is 40.4 Å². The molecule has 2 atom stereocenters. The number of nitro benzene ring substituents is 1. The number of benzene rings is 1. The smallest absolute Gasteiger partial charge is 0.315 e. The summed E-state index contributed by atoms with van der Waals surface area (Å²) >= 11 is 5.93. The standard InChI is InChI=1S/C12H18ClN3O4/c1-7(17)5-14-10-3-9(13)4-11(12(10)16(19)20)15-6-8(2)18/h3-4,7-8,14-15,17-18H,5-6H2,1-2H3. The minimum absolute atomic E-state index is 0.164. The van der Waals surface area contributed by atoms with Crippen molar-refractivity contribution in [3.8, 4) is 0 Å². The van der Waals surface area contributed by atoms with Crippen LogP contribution in [0, 0.1) is 10.1 Å². The lowest BCUT2D eigenvalue weighted by atomic mass is 10.2. The molecule has 1 aromatic carbocycles. The van der Waals surface area contributed by atoms with E-state index in [0.29, 0.717) is 5.02 Å². The van der Waals surface area contributed by atoms with Crippen molar-refractivity contribution in [2.75, 3.05) is 23.7 Å². The van der Waals surface area contributed by atoms with Crippen LogP contribution in [0.15, 0.2) is 12.1 Å². The third-order valence-corrected chi connectivity index (χ3v) is 2.65. The van der Waals surface area contributed by atoms with Crippen molar-refractivity contribution >= 4 is 28.7 Å². The highest BCUT2D eigenvalue weighted by molar-refractivity contribution is 6.31. The van der Waals surface area contributed by atoms with Crippen LogP contribution in [0.2, 0.25) is 5.02 Å². The Hall–Kier alpha value is -1.57. The molecule has 0 bridgehead atoms. The first-order valence-corrected chi connectivity index (χ1v) is 6.51. The van der Waals surface area contributed by atoms with Gasteiger partial charge in [-0.25, -0.2) is 0 Å². The zero-order valence-corrected chi connectivity index (χ0v) is 12.0. The van der Waals surface area contributed by atoms with E-state index in [1.807, 2.05) is 0 Å². The van der Waals surface area contributed by atoms with Gasteiger partial charge in [-0.2, -0.15) is 0 Å². The van der Waals surface area contributed by atoms with E-state index < -0.39 is 17.1 Å². The van der Waals surface area contributed by atoms with Gasteiger partial charge in [-0.3, -0.25) is 10.1 Å². The van der Waals surface area contributed by atoms with Gasteiger partial charge in [-0.05, 0) is 26.0 Å². The van der Waals surface area contributed by atoms with Crippen molar-refractivity contribution < 1.29 is 15.1 Å². The lowest BCUT2D eigenvalue weighted by Crippen LogP contribution is -2.18. The maximum atomic E-state index is 11.2. The first-order valence-electron chi connectivity index (χ1n) is 6.13. The second kappa shape index (κ2) is 7.28. The highest BCUT2D eigenvalue weighted by atomic mass is 35.5. The normalized spacial score (nSPS) is 13.7. The zero-order chi connectivity index (χ0) is 15.3. The predicted molar refractivity (Wildman–Crippen MR) is 78.4 cm³/mol. The fraction of sp³-hybridized carbons (Fsp3) is 0.500. The van der Waals surface area contributed by atoms with Crippen molar-refractivity contribution in [3.05, 3.63) is 27.3 Å². The molecular weight excluding hydrogens is 286 g/mol. The molecular formula is C12H18ClN3O4. The fourth-order valence-corrected chi connectivity index (χ4v) is 1.80. The quantitative estimate of drug-likeness (QED) is 0.452. The van der Waals surface area contributed by atoms with E-state index in [4.69, 9.17) is 11.6 Å². The number of aliphatic hydroxyl groups is 2. The van der Waals surface area contributed by atoms with E-state index >= 15 is 0 Å². The summed E-state index contributed by atoms with van der Waals surface area (Å²) in [6.07, 6.45) is -1.30. The third kappa shape index (κ3) is 4.84. The fourth-order valence-electron chi connectivity index (χ4n) is 1.58. The summed E-state index contributed by atoms with van der Waals surface area (Å²) in [5.41, 5.74) is 0.267. The lowest BCUT2D eigenvalue weighted by Gasteiger charge is -2.14. The van der Waals surface area contributed by atoms with E-state index in [9.17, 15) is 20.3 Å². The number of hydrogen-bond donors (Lipinski definition) is 4. The van der Waals surface area contributed by atoms with Gasteiger partial charge in [0.1, 0.15) is 11.4 Å². The summed E-state index contributed by atoms with van der Waals surface area (Å²) in [5, 5.41) is 35.6. The van der Waals surface area contributed by atoms with Crippen LogP contribution >= 0.6 is 11.6 Å². The van der Waals surface area contributed by atoms with Crippen molar-refractivity contribution in [1.82, 2.24) is 0 Å². The zero-order valence-electron chi connectivity index (χ0n) is 11.3. The summed E-state index contributed by atoms with van der Waals surface area (Å²) in [4.78, 5) is 10.7. The van der Waals surface area contributed by atoms with Gasteiger partial charge < -0.3 is 20.8 Å². The molecule has 0 aliphatic heterocycles. The molecule has 1 rings (SSSR count). The number of nitrogens with zero attached hydrogens (tertiary/aromatic N) is 1. The van der Waals surface area contributed by atoms with Gasteiger partial charge in [0.25, 0.3) is 0 Å². The maximum absolute atomic E-state index is 11.2. The molecule has 0 aromatic heterocycles. The Morgan fingerprint density at radius 3 is 1.90 bits per heavy atom. The van der Waals surface area contributed by atoms with E-state index in [1.165, 1.54) is 12.1 Å². The van der Waals surface area contributed by atoms with Crippen molar-refractivity contribution in [3.63, 3.8) is 0 Å². The van der Waals surface area contributed by atoms with Gasteiger partial charge in [0.15, 0.2) is 0 Å². The average Bonchev–Trinajstić information content (AvgIpc) is 2.32. The predicted octanol–water partition coefficient (Wildman–Crippen LogP) is 1.83. The van der Waals surface area contributed by atoms with Crippen molar-refractivity contribution in [1.29, 1.82) is 0 Å². The molecule has 112 valence electrons. The minimum Gasteiger partial charge on any atom is -0.392 e. The van der Waals surface area contributed by atoms with Crippen LogP contribution < -0.4 is 10.6 Å². The van der Waals surface area contributed by atoms with Gasteiger partial charge in [-0.1, -0.05) is 11.6 Å². The van der Waals surface area contributed by atoms with E-state index in [2.05, 4.69) is 10.6 Å². The second-order valence-corrected chi connectivity index (χ2v) is 5.00. The summed E-state index contributed by atoms with van der Waals surface area (Å²) in [7, 11) is 0. The largest absolute Gasteiger partial charge is 0.392 e. The number of nitrogens with one attached hydrogen (secondary N) is 2. The van der Waals surface area contributed by atoms with Gasteiger partial charge in [0, 0.05) is 18.1 Å². The Kier molecular flexibility index (Phi) is 6.00. The van der Waals surface area contributed by atoms with E-state index in [1.54, 1.807) is 13.8 Å². The molecule has 0 saturated heterocycles. The van der Waals surface area contributed by atoms with Crippen LogP contribution in [0.4, 0.5) is 17.1 Å². The third-order valence-electron chi connectivity index (χ3n) is 2.43.